The predicted octanol–water partition coefficient (Wildman–Crippen LogP) is 4.32. The number of amides is 1. The largest absolute Gasteiger partial charge is 0.493 e. The number of methoxy groups -OCH3 is 2. The van der Waals surface area contributed by atoms with E-state index in [9.17, 15) is 9.18 Å². The number of carbonyl (C=O) groups is 1. The second-order valence-corrected chi connectivity index (χ2v) is 7.78. The average molecular weight is 415 g/mol. The quantitative estimate of drug-likeness (QED) is 0.699. The molecule has 1 fully saturated rings. The highest BCUT2D eigenvalue weighted by Crippen LogP contribution is 2.31. The molecule has 3 rings (SSSR count). The second-order valence-electron chi connectivity index (χ2n) is 7.78. The fourth-order valence-electron chi connectivity index (χ4n) is 4.04. The van der Waals surface area contributed by atoms with E-state index >= 15 is 0 Å². The number of benzene rings is 2. The first-order valence-corrected chi connectivity index (χ1v) is 10.5. The summed E-state index contributed by atoms with van der Waals surface area (Å²) in [7, 11) is 3.22. The molecule has 6 heteroatoms. The molecule has 2 aromatic carbocycles. The number of halogens is 1. The van der Waals surface area contributed by atoms with E-state index in [4.69, 9.17) is 9.47 Å². The van der Waals surface area contributed by atoms with E-state index in [0.29, 0.717) is 18.0 Å². The number of rotatable bonds is 8. The number of likely N-dealkylation sites (tertiary alicyclic amines) is 1. The molecule has 0 aliphatic carbocycles. The van der Waals surface area contributed by atoms with E-state index in [0.717, 1.165) is 43.5 Å². The lowest BCUT2D eigenvalue weighted by Gasteiger charge is -2.33. The molecular formula is C24H31FN2O3. The van der Waals surface area contributed by atoms with E-state index in [1.54, 1.807) is 14.2 Å². The molecule has 0 unspecified atom stereocenters. The van der Waals surface area contributed by atoms with Gasteiger partial charge in [-0.2, -0.15) is 0 Å². The lowest BCUT2D eigenvalue weighted by molar-refractivity contribution is -0.127. The molecule has 2 atom stereocenters. The minimum absolute atomic E-state index is 0.0478. The van der Waals surface area contributed by atoms with Gasteiger partial charge >= 0.3 is 0 Å². The van der Waals surface area contributed by atoms with Crippen LogP contribution in [-0.2, 0) is 11.3 Å². The number of hydrogen-bond donors (Lipinski definition) is 1. The monoisotopic (exact) mass is 414 g/mol. The molecule has 1 heterocycles. The van der Waals surface area contributed by atoms with Crippen molar-refractivity contribution in [3.63, 3.8) is 0 Å². The molecule has 1 aliphatic rings. The fraction of sp³-hybridized carbons (Fsp3) is 0.458. The summed E-state index contributed by atoms with van der Waals surface area (Å²) in [4.78, 5) is 15.3. The van der Waals surface area contributed by atoms with Gasteiger partial charge in [0.1, 0.15) is 5.82 Å². The highest BCUT2D eigenvalue weighted by Gasteiger charge is 2.27. The summed E-state index contributed by atoms with van der Waals surface area (Å²) in [6.45, 7) is 4.46. The Bertz CT molecular complexity index is 841. The van der Waals surface area contributed by atoms with E-state index in [1.807, 2.05) is 30.3 Å². The number of nitrogens with zero attached hydrogens (tertiary/aromatic N) is 1. The SMILES string of the molecule is CC[C@H](NC(=O)[C@H]1CCCN(Cc2ccc(F)cc2)C1)c1ccc(OC)c(OC)c1. The zero-order valence-electron chi connectivity index (χ0n) is 18.0. The number of piperidine rings is 1. The third-order valence-corrected chi connectivity index (χ3v) is 5.73. The number of carbonyl (C=O) groups excluding carboxylic acids is 1. The van der Waals surface area contributed by atoms with Crippen LogP contribution in [0.2, 0.25) is 0 Å². The normalized spacial score (nSPS) is 17.9. The molecule has 0 radical (unpaired) electrons. The smallest absolute Gasteiger partial charge is 0.224 e. The molecule has 1 aliphatic heterocycles. The van der Waals surface area contributed by atoms with Crippen molar-refractivity contribution in [2.75, 3.05) is 27.3 Å². The van der Waals surface area contributed by atoms with Gasteiger partial charge in [-0.1, -0.05) is 25.1 Å². The number of nitrogens with one attached hydrogen (secondary N) is 1. The summed E-state index contributed by atoms with van der Waals surface area (Å²) in [5.41, 5.74) is 2.07. The Morgan fingerprint density at radius 2 is 1.90 bits per heavy atom. The van der Waals surface area contributed by atoms with Gasteiger partial charge in [-0.25, -0.2) is 4.39 Å². The van der Waals surface area contributed by atoms with Crippen LogP contribution in [0, 0.1) is 11.7 Å². The van der Waals surface area contributed by atoms with Crippen LogP contribution in [0.4, 0.5) is 4.39 Å². The molecule has 0 saturated carbocycles. The summed E-state index contributed by atoms with van der Waals surface area (Å²) < 4.78 is 23.8. The Hall–Kier alpha value is -2.60. The van der Waals surface area contributed by atoms with Crippen molar-refractivity contribution in [2.24, 2.45) is 5.92 Å². The van der Waals surface area contributed by atoms with Crippen molar-refractivity contribution < 1.29 is 18.7 Å². The van der Waals surface area contributed by atoms with E-state index in [2.05, 4.69) is 17.1 Å². The lowest BCUT2D eigenvalue weighted by Crippen LogP contribution is -2.43. The minimum Gasteiger partial charge on any atom is -0.493 e. The van der Waals surface area contributed by atoms with Crippen molar-refractivity contribution in [1.82, 2.24) is 10.2 Å². The van der Waals surface area contributed by atoms with Crippen LogP contribution in [0.1, 0.15) is 43.4 Å². The summed E-state index contributed by atoms with van der Waals surface area (Å²) in [5, 5.41) is 3.22. The third-order valence-electron chi connectivity index (χ3n) is 5.73. The summed E-state index contributed by atoms with van der Waals surface area (Å²) in [5.74, 6) is 1.14. The molecule has 1 saturated heterocycles. The third kappa shape index (κ3) is 5.51. The molecular weight excluding hydrogens is 383 g/mol. The maximum atomic E-state index is 13.1. The van der Waals surface area contributed by atoms with Gasteiger partial charge in [0.25, 0.3) is 0 Å². The lowest BCUT2D eigenvalue weighted by atomic mass is 9.95. The maximum Gasteiger partial charge on any atom is 0.224 e. The molecule has 0 spiro atoms. The Morgan fingerprint density at radius 3 is 2.57 bits per heavy atom. The van der Waals surface area contributed by atoms with Crippen LogP contribution in [0.5, 0.6) is 11.5 Å². The zero-order chi connectivity index (χ0) is 21.5. The molecule has 1 N–H and O–H groups in total. The number of ether oxygens (including phenoxy) is 2. The predicted molar refractivity (Wildman–Crippen MR) is 115 cm³/mol. The molecule has 1 amide bonds. The van der Waals surface area contributed by atoms with Crippen molar-refractivity contribution in [2.45, 2.75) is 38.8 Å². The van der Waals surface area contributed by atoms with Crippen LogP contribution in [0.25, 0.3) is 0 Å². The summed E-state index contributed by atoms with van der Waals surface area (Å²) in [6, 6.07) is 12.3. The van der Waals surface area contributed by atoms with E-state index in [1.165, 1.54) is 12.1 Å². The van der Waals surface area contributed by atoms with E-state index in [-0.39, 0.29) is 23.7 Å². The maximum absolute atomic E-state index is 13.1. The topological polar surface area (TPSA) is 50.8 Å². The van der Waals surface area contributed by atoms with Crippen molar-refractivity contribution in [3.8, 4) is 11.5 Å². The van der Waals surface area contributed by atoms with E-state index < -0.39 is 0 Å². The van der Waals surface area contributed by atoms with Crippen LogP contribution >= 0.6 is 0 Å². The van der Waals surface area contributed by atoms with Crippen molar-refractivity contribution in [1.29, 1.82) is 0 Å². The average Bonchev–Trinajstić information content (AvgIpc) is 2.78. The molecule has 162 valence electrons. The Balaban J connectivity index is 1.62. The van der Waals surface area contributed by atoms with Gasteiger partial charge in [0.15, 0.2) is 11.5 Å². The van der Waals surface area contributed by atoms with Crippen LogP contribution < -0.4 is 14.8 Å². The van der Waals surface area contributed by atoms with Gasteiger partial charge in [0, 0.05) is 13.1 Å². The molecule has 0 aromatic heterocycles. The van der Waals surface area contributed by atoms with Gasteiger partial charge in [-0.05, 0) is 61.2 Å². The molecule has 5 nitrogen and oxygen atoms in total. The van der Waals surface area contributed by atoms with Crippen LogP contribution in [0.15, 0.2) is 42.5 Å². The minimum atomic E-state index is -0.226. The molecule has 30 heavy (non-hydrogen) atoms. The number of hydrogen-bond acceptors (Lipinski definition) is 4. The van der Waals surface area contributed by atoms with Crippen LogP contribution in [-0.4, -0.2) is 38.1 Å². The Morgan fingerprint density at radius 1 is 1.17 bits per heavy atom. The molecule has 0 bridgehead atoms. The highest BCUT2D eigenvalue weighted by atomic mass is 19.1. The van der Waals surface area contributed by atoms with Gasteiger partial charge in [0.05, 0.1) is 26.2 Å². The highest BCUT2D eigenvalue weighted by molar-refractivity contribution is 5.79. The standard InChI is InChI=1S/C24H31FN2O3/c1-4-21(18-9-12-22(29-2)23(14-18)30-3)26-24(28)19-6-5-13-27(16-19)15-17-7-10-20(25)11-8-17/h7-12,14,19,21H,4-6,13,15-16H2,1-3H3,(H,26,28)/t19-,21-/m0/s1. The van der Waals surface area contributed by atoms with Gasteiger partial charge in [-0.3, -0.25) is 9.69 Å². The first-order valence-electron chi connectivity index (χ1n) is 10.5. The second kappa shape index (κ2) is 10.4. The summed E-state index contributed by atoms with van der Waals surface area (Å²) in [6.07, 6.45) is 2.65. The zero-order valence-corrected chi connectivity index (χ0v) is 18.0. The van der Waals surface area contributed by atoms with Crippen molar-refractivity contribution >= 4 is 5.91 Å². The van der Waals surface area contributed by atoms with Crippen molar-refractivity contribution in [3.05, 3.63) is 59.4 Å². The first-order chi connectivity index (χ1) is 14.5. The molecule has 2 aromatic rings. The first kappa shape index (κ1) is 22.1. The van der Waals surface area contributed by atoms with Crippen LogP contribution in [0.3, 0.4) is 0 Å². The fourth-order valence-corrected chi connectivity index (χ4v) is 4.04. The van der Waals surface area contributed by atoms with Gasteiger partial charge < -0.3 is 14.8 Å². The Labute approximate surface area is 178 Å². The summed E-state index contributed by atoms with van der Waals surface area (Å²) >= 11 is 0. The van der Waals surface area contributed by atoms with Gasteiger partial charge in [-0.15, -0.1) is 0 Å². The van der Waals surface area contributed by atoms with Gasteiger partial charge in [0.2, 0.25) is 5.91 Å². The Kier molecular flexibility index (Phi) is 7.69.